The maximum absolute atomic E-state index is 13.8. The molecule has 0 saturated heterocycles. The number of ether oxygens (including phenoxy) is 1. The van der Waals surface area contributed by atoms with Crippen molar-refractivity contribution < 1.29 is 4.74 Å². The molecule has 5 rings (SSSR count). The minimum absolute atomic E-state index is 0.0250. The molecule has 0 N–H and O–H groups in total. The summed E-state index contributed by atoms with van der Waals surface area (Å²) >= 11 is 0. The van der Waals surface area contributed by atoms with Crippen molar-refractivity contribution in [2.75, 3.05) is 7.11 Å². The van der Waals surface area contributed by atoms with E-state index < -0.39 is 5.60 Å². The summed E-state index contributed by atoms with van der Waals surface area (Å²) in [5.41, 5.74) is 5.14. The molecule has 38 heavy (non-hydrogen) atoms. The van der Waals surface area contributed by atoms with Crippen molar-refractivity contribution in [2.45, 2.75) is 52.2 Å². The quantitative estimate of drug-likeness (QED) is 0.268. The Balaban J connectivity index is 1.52. The van der Waals surface area contributed by atoms with E-state index in [1.807, 2.05) is 60.9 Å². The summed E-state index contributed by atoms with van der Waals surface area (Å²) in [6.07, 6.45) is 4.34. The van der Waals surface area contributed by atoms with E-state index in [-0.39, 0.29) is 5.56 Å². The van der Waals surface area contributed by atoms with Gasteiger partial charge in [0.1, 0.15) is 12.2 Å². The van der Waals surface area contributed by atoms with Gasteiger partial charge in [0, 0.05) is 19.1 Å². The number of aromatic nitrogens is 6. The van der Waals surface area contributed by atoms with Gasteiger partial charge >= 0.3 is 0 Å². The van der Waals surface area contributed by atoms with Crippen LogP contribution < -0.4 is 5.56 Å². The van der Waals surface area contributed by atoms with E-state index >= 15 is 0 Å². The van der Waals surface area contributed by atoms with E-state index in [0.717, 1.165) is 58.5 Å². The fraction of sp³-hybridized carbons (Fsp3) is 0.300. The number of hydrogen-bond donors (Lipinski definition) is 0. The van der Waals surface area contributed by atoms with Crippen molar-refractivity contribution in [3.05, 3.63) is 100 Å². The molecule has 5 aromatic rings. The van der Waals surface area contributed by atoms with Crippen LogP contribution in [0.25, 0.3) is 27.7 Å². The molecule has 8 nitrogen and oxygen atoms in total. The van der Waals surface area contributed by atoms with Gasteiger partial charge in [-0.3, -0.25) is 9.36 Å². The first-order valence-corrected chi connectivity index (χ1v) is 12.9. The zero-order valence-corrected chi connectivity index (χ0v) is 22.3. The van der Waals surface area contributed by atoms with Gasteiger partial charge in [-0.15, -0.1) is 5.10 Å². The molecule has 0 aliphatic carbocycles. The number of benzene rings is 3. The summed E-state index contributed by atoms with van der Waals surface area (Å²) in [5, 5.41) is 12.2. The zero-order chi connectivity index (χ0) is 26.7. The van der Waals surface area contributed by atoms with Crippen LogP contribution in [0.2, 0.25) is 0 Å². The van der Waals surface area contributed by atoms with Crippen molar-refractivity contribution in [3.63, 3.8) is 0 Å². The predicted octanol–water partition coefficient (Wildman–Crippen LogP) is 5.31. The monoisotopic (exact) mass is 508 g/mol. The number of tetrazole rings is 1. The molecule has 0 fully saturated rings. The third-order valence-electron chi connectivity index (χ3n) is 7.10. The minimum Gasteiger partial charge on any atom is -0.374 e. The van der Waals surface area contributed by atoms with Crippen LogP contribution >= 0.6 is 0 Å². The number of aryl methyl sites for hydroxylation is 1. The van der Waals surface area contributed by atoms with E-state index in [0.29, 0.717) is 11.9 Å². The Bertz CT molecular complexity index is 1600. The molecule has 0 radical (unpaired) electrons. The highest BCUT2D eigenvalue weighted by Crippen LogP contribution is 2.28. The molecule has 0 saturated carbocycles. The van der Waals surface area contributed by atoms with Crippen LogP contribution in [0.1, 0.15) is 50.6 Å². The first-order chi connectivity index (χ1) is 18.4. The van der Waals surface area contributed by atoms with Gasteiger partial charge in [0.05, 0.1) is 28.7 Å². The minimum atomic E-state index is -0.499. The molecule has 0 amide bonds. The lowest BCUT2D eigenvalue weighted by Gasteiger charge is -2.24. The highest BCUT2D eigenvalue weighted by molar-refractivity contribution is 5.79. The Kier molecular flexibility index (Phi) is 7.15. The van der Waals surface area contributed by atoms with Crippen LogP contribution in [-0.4, -0.2) is 36.9 Å². The summed E-state index contributed by atoms with van der Waals surface area (Å²) in [6, 6.07) is 22.1. The van der Waals surface area contributed by atoms with E-state index in [4.69, 9.17) is 9.72 Å². The van der Waals surface area contributed by atoms with Crippen LogP contribution in [0.3, 0.4) is 0 Å². The number of fused-ring (bicyclic) bond motifs is 1. The van der Waals surface area contributed by atoms with Gasteiger partial charge in [0.25, 0.3) is 5.56 Å². The molecule has 0 bridgehead atoms. The maximum atomic E-state index is 13.8. The number of para-hydroxylation sites is 1. The molecular formula is C30H32N6O2. The first-order valence-electron chi connectivity index (χ1n) is 12.9. The number of hydrogen-bond acceptors (Lipinski definition) is 6. The Morgan fingerprint density at radius 3 is 2.50 bits per heavy atom. The Labute approximate surface area is 221 Å². The predicted molar refractivity (Wildman–Crippen MR) is 148 cm³/mol. The Morgan fingerprint density at radius 2 is 1.79 bits per heavy atom. The summed E-state index contributed by atoms with van der Waals surface area (Å²) in [7, 11) is 1.68. The van der Waals surface area contributed by atoms with Crippen molar-refractivity contribution >= 4 is 10.9 Å². The van der Waals surface area contributed by atoms with Crippen LogP contribution in [0.4, 0.5) is 0 Å². The third-order valence-corrected chi connectivity index (χ3v) is 7.10. The van der Waals surface area contributed by atoms with Crippen LogP contribution in [0.15, 0.2) is 77.9 Å². The summed E-state index contributed by atoms with van der Waals surface area (Å²) < 4.78 is 9.13. The van der Waals surface area contributed by atoms with Crippen LogP contribution in [-0.2, 0) is 23.3 Å². The Morgan fingerprint density at radius 1 is 1.00 bits per heavy atom. The standard InChI is InChI=1S/C30H32N6O2/c1-5-6-11-28-32-26-17-16-23(30(2,3)38-4)18-25(26)29(37)35(28)19-21-12-14-22(15-13-21)24-9-7-8-10-27(24)36-20-31-33-34-36/h7-10,12-18,20H,5-6,11,19H2,1-4H3. The van der Waals surface area contributed by atoms with E-state index in [9.17, 15) is 4.79 Å². The lowest BCUT2D eigenvalue weighted by molar-refractivity contribution is 0.0193. The second-order valence-corrected chi connectivity index (χ2v) is 9.94. The topological polar surface area (TPSA) is 87.7 Å². The van der Waals surface area contributed by atoms with Crippen molar-refractivity contribution in [1.29, 1.82) is 0 Å². The number of methoxy groups -OCH3 is 1. The lowest BCUT2D eigenvalue weighted by Crippen LogP contribution is -2.27. The first kappa shape index (κ1) is 25.5. The highest BCUT2D eigenvalue weighted by atomic mass is 16.5. The molecule has 3 aromatic carbocycles. The normalized spacial score (nSPS) is 11.8. The summed E-state index contributed by atoms with van der Waals surface area (Å²) in [5.74, 6) is 0.816. The molecule has 0 unspecified atom stereocenters. The number of unbranched alkanes of at least 4 members (excludes halogenated alkanes) is 1. The van der Waals surface area contributed by atoms with Gasteiger partial charge in [0.15, 0.2) is 0 Å². The summed E-state index contributed by atoms with van der Waals surface area (Å²) in [4.78, 5) is 18.7. The summed E-state index contributed by atoms with van der Waals surface area (Å²) in [6.45, 7) is 6.59. The molecule has 0 aliphatic rings. The highest BCUT2D eigenvalue weighted by Gasteiger charge is 2.21. The second-order valence-electron chi connectivity index (χ2n) is 9.94. The van der Waals surface area contributed by atoms with Crippen LogP contribution in [0.5, 0.6) is 0 Å². The Hall–Kier alpha value is -4.17. The van der Waals surface area contributed by atoms with Gasteiger partial charge in [-0.05, 0) is 65.6 Å². The molecular weight excluding hydrogens is 476 g/mol. The van der Waals surface area contributed by atoms with E-state index in [1.54, 1.807) is 18.1 Å². The van der Waals surface area contributed by atoms with Gasteiger partial charge in [0.2, 0.25) is 0 Å². The molecule has 194 valence electrons. The maximum Gasteiger partial charge on any atom is 0.261 e. The van der Waals surface area contributed by atoms with Gasteiger partial charge in [-0.2, -0.15) is 4.68 Å². The number of nitrogens with zero attached hydrogens (tertiary/aromatic N) is 6. The molecule has 8 heteroatoms. The largest absolute Gasteiger partial charge is 0.374 e. The van der Waals surface area contributed by atoms with Gasteiger partial charge in [-0.25, -0.2) is 4.98 Å². The average molecular weight is 509 g/mol. The smallest absolute Gasteiger partial charge is 0.261 e. The fourth-order valence-corrected chi connectivity index (χ4v) is 4.61. The van der Waals surface area contributed by atoms with Crippen molar-refractivity contribution in [2.24, 2.45) is 0 Å². The SMILES string of the molecule is CCCCc1nc2ccc(C(C)(C)OC)cc2c(=O)n1Cc1ccc(-c2ccccc2-n2cnnn2)cc1. The molecule has 0 aliphatic heterocycles. The van der Waals surface area contributed by atoms with E-state index in [2.05, 4.69) is 46.7 Å². The third kappa shape index (κ3) is 4.99. The molecule has 2 heterocycles. The molecule has 0 atom stereocenters. The second kappa shape index (κ2) is 10.7. The average Bonchev–Trinajstić information content (AvgIpc) is 3.49. The molecule has 0 spiro atoms. The fourth-order valence-electron chi connectivity index (χ4n) is 4.61. The van der Waals surface area contributed by atoms with Gasteiger partial charge in [-0.1, -0.05) is 61.9 Å². The van der Waals surface area contributed by atoms with Crippen molar-refractivity contribution in [1.82, 2.24) is 29.8 Å². The lowest BCUT2D eigenvalue weighted by atomic mass is 9.96. The number of rotatable bonds is 9. The van der Waals surface area contributed by atoms with E-state index in [1.165, 1.54) is 0 Å². The molecule has 2 aromatic heterocycles. The van der Waals surface area contributed by atoms with Gasteiger partial charge < -0.3 is 4.74 Å². The van der Waals surface area contributed by atoms with Crippen molar-refractivity contribution in [3.8, 4) is 16.8 Å². The zero-order valence-electron chi connectivity index (χ0n) is 22.3. The van der Waals surface area contributed by atoms with Crippen LogP contribution in [0, 0.1) is 0 Å².